The van der Waals surface area contributed by atoms with Crippen LogP contribution in [-0.4, -0.2) is 30.6 Å². The second kappa shape index (κ2) is 8.71. The van der Waals surface area contributed by atoms with Crippen LogP contribution < -0.4 is 5.73 Å². The third-order valence-electron chi connectivity index (χ3n) is 4.15. The fourth-order valence-electron chi connectivity index (χ4n) is 3.11. The Morgan fingerprint density at radius 2 is 2.12 bits per heavy atom. The van der Waals surface area contributed by atoms with E-state index in [9.17, 15) is 0 Å². The topological polar surface area (TPSA) is 29.3 Å². The van der Waals surface area contributed by atoms with Crippen molar-refractivity contribution in [2.45, 2.75) is 57.9 Å². The normalized spacial score (nSPS) is 24.4. The summed E-state index contributed by atoms with van der Waals surface area (Å²) in [7, 11) is 0. The summed E-state index contributed by atoms with van der Waals surface area (Å²) in [5.41, 5.74) is 5.87. The van der Waals surface area contributed by atoms with Gasteiger partial charge in [0.25, 0.3) is 0 Å². The summed E-state index contributed by atoms with van der Waals surface area (Å²) in [6.45, 7) is 9.37. The van der Waals surface area contributed by atoms with Gasteiger partial charge in [0.1, 0.15) is 0 Å². The Hall–Kier alpha value is -0.340. The highest BCUT2D eigenvalue weighted by Gasteiger charge is 2.29. The summed E-state index contributed by atoms with van der Waals surface area (Å²) in [5.74, 6) is 0.753. The summed E-state index contributed by atoms with van der Waals surface area (Å²) >= 11 is 0. The van der Waals surface area contributed by atoms with Gasteiger partial charge in [0.15, 0.2) is 0 Å². The van der Waals surface area contributed by atoms with Gasteiger partial charge in [-0.05, 0) is 57.7 Å². The van der Waals surface area contributed by atoms with Crippen LogP contribution >= 0.6 is 0 Å². The van der Waals surface area contributed by atoms with Gasteiger partial charge < -0.3 is 10.6 Å². The highest BCUT2D eigenvalue weighted by Crippen LogP contribution is 2.29. The number of rotatable bonds is 9. The average Bonchev–Trinajstić information content (AvgIpc) is 2.82. The Morgan fingerprint density at radius 3 is 2.76 bits per heavy atom. The monoisotopic (exact) mass is 238 g/mol. The maximum atomic E-state index is 5.87. The quantitative estimate of drug-likeness (QED) is 0.494. The summed E-state index contributed by atoms with van der Waals surface area (Å²) in [5, 5.41) is 0. The van der Waals surface area contributed by atoms with Crippen LogP contribution in [0.1, 0.15) is 51.9 Å². The lowest BCUT2D eigenvalue weighted by Gasteiger charge is -2.31. The molecule has 0 heterocycles. The van der Waals surface area contributed by atoms with Crippen molar-refractivity contribution in [2.24, 2.45) is 11.7 Å². The molecule has 1 aliphatic rings. The second-order valence-corrected chi connectivity index (χ2v) is 5.26. The van der Waals surface area contributed by atoms with Crippen molar-refractivity contribution in [2.75, 3.05) is 19.6 Å². The van der Waals surface area contributed by atoms with Gasteiger partial charge in [-0.15, -0.1) is 6.58 Å². The van der Waals surface area contributed by atoms with E-state index in [-0.39, 0.29) is 0 Å². The molecule has 0 saturated heterocycles. The fraction of sp³-hybridized carbons (Fsp3) is 0.867. The number of allylic oxidation sites excluding steroid dienone is 1. The third kappa shape index (κ3) is 4.81. The van der Waals surface area contributed by atoms with Crippen LogP contribution in [0.25, 0.3) is 0 Å². The summed E-state index contributed by atoms with van der Waals surface area (Å²) < 4.78 is 0. The number of nitrogens with two attached hydrogens (primary N) is 1. The molecule has 2 heteroatoms. The molecule has 0 spiro atoms. The molecule has 2 nitrogen and oxygen atoms in total. The molecule has 0 aromatic heterocycles. The minimum Gasteiger partial charge on any atom is -0.330 e. The van der Waals surface area contributed by atoms with Gasteiger partial charge in [-0.2, -0.15) is 0 Å². The van der Waals surface area contributed by atoms with Crippen LogP contribution in [0.15, 0.2) is 12.7 Å². The molecule has 0 amide bonds. The summed E-state index contributed by atoms with van der Waals surface area (Å²) in [4.78, 5) is 2.67. The highest BCUT2D eigenvalue weighted by atomic mass is 15.2. The Kier molecular flexibility index (Phi) is 7.54. The van der Waals surface area contributed by atoms with Gasteiger partial charge in [0, 0.05) is 6.04 Å². The van der Waals surface area contributed by atoms with Crippen LogP contribution in [-0.2, 0) is 0 Å². The van der Waals surface area contributed by atoms with Crippen molar-refractivity contribution in [1.82, 2.24) is 4.90 Å². The summed E-state index contributed by atoms with van der Waals surface area (Å²) in [6, 6.07) is 0.768. The van der Waals surface area contributed by atoms with Crippen molar-refractivity contribution in [3.63, 3.8) is 0 Å². The van der Waals surface area contributed by atoms with Crippen molar-refractivity contribution in [3.05, 3.63) is 12.7 Å². The third-order valence-corrected chi connectivity index (χ3v) is 4.15. The van der Waals surface area contributed by atoms with E-state index in [2.05, 4.69) is 18.4 Å². The second-order valence-electron chi connectivity index (χ2n) is 5.26. The minimum absolute atomic E-state index is 0.753. The molecule has 2 N–H and O–H groups in total. The van der Waals surface area contributed by atoms with E-state index in [4.69, 9.17) is 5.73 Å². The Balaban J connectivity index is 2.24. The van der Waals surface area contributed by atoms with Crippen LogP contribution in [0.4, 0.5) is 0 Å². The molecule has 2 unspecified atom stereocenters. The van der Waals surface area contributed by atoms with E-state index < -0.39 is 0 Å². The van der Waals surface area contributed by atoms with E-state index >= 15 is 0 Å². The Labute approximate surface area is 107 Å². The van der Waals surface area contributed by atoms with Gasteiger partial charge in [0.05, 0.1) is 0 Å². The van der Waals surface area contributed by atoms with Crippen LogP contribution in [0, 0.1) is 5.92 Å². The van der Waals surface area contributed by atoms with Gasteiger partial charge in [0.2, 0.25) is 0 Å². The lowest BCUT2D eigenvalue weighted by molar-refractivity contribution is 0.167. The smallest absolute Gasteiger partial charge is 0.0135 e. The lowest BCUT2D eigenvalue weighted by atomic mass is 10.0. The van der Waals surface area contributed by atoms with Gasteiger partial charge in [-0.25, -0.2) is 0 Å². The molecule has 0 bridgehead atoms. The first-order valence-electron chi connectivity index (χ1n) is 7.38. The molecular weight excluding hydrogens is 208 g/mol. The number of unbranched alkanes of at least 4 members (excludes halogenated alkanes) is 3. The molecule has 1 fully saturated rings. The van der Waals surface area contributed by atoms with E-state index in [1.807, 2.05) is 6.08 Å². The average molecular weight is 238 g/mol. The predicted molar refractivity (Wildman–Crippen MR) is 76.1 cm³/mol. The molecule has 0 aromatic carbocycles. The van der Waals surface area contributed by atoms with E-state index in [1.54, 1.807) is 0 Å². The first-order valence-corrected chi connectivity index (χ1v) is 7.38. The minimum atomic E-state index is 0.753. The van der Waals surface area contributed by atoms with Crippen molar-refractivity contribution < 1.29 is 0 Å². The molecule has 2 atom stereocenters. The Bertz CT molecular complexity index is 203. The zero-order chi connectivity index (χ0) is 12.5. The predicted octanol–water partition coefficient (Wildman–Crippen LogP) is 3.18. The van der Waals surface area contributed by atoms with E-state index in [1.165, 1.54) is 58.0 Å². The summed E-state index contributed by atoms with van der Waals surface area (Å²) in [6.07, 6.45) is 11.2. The fourth-order valence-corrected chi connectivity index (χ4v) is 3.11. The zero-order valence-electron chi connectivity index (χ0n) is 11.5. The molecule has 0 aromatic rings. The van der Waals surface area contributed by atoms with Crippen molar-refractivity contribution in [1.29, 1.82) is 0 Å². The van der Waals surface area contributed by atoms with Crippen LogP contribution in [0.5, 0.6) is 0 Å². The van der Waals surface area contributed by atoms with E-state index in [0.717, 1.165) is 18.5 Å². The largest absolute Gasteiger partial charge is 0.330 e. The van der Waals surface area contributed by atoms with Crippen LogP contribution in [0.3, 0.4) is 0 Å². The highest BCUT2D eigenvalue weighted by molar-refractivity contribution is 4.85. The lowest BCUT2D eigenvalue weighted by Crippen LogP contribution is -2.40. The maximum absolute atomic E-state index is 5.87. The molecular formula is C15H30N2. The Morgan fingerprint density at radius 1 is 1.29 bits per heavy atom. The maximum Gasteiger partial charge on any atom is 0.0135 e. The van der Waals surface area contributed by atoms with Gasteiger partial charge in [-0.1, -0.05) is 25.8 Å². The van der Waals surface area contributed by atoms with Gasteiger partial charge >= 0.3 is 0 Å². The molecule has 0 aliphatic heterocycles. The standard InChI is InChI=1S/C15H30N2/c1-3-5-6-7-8-12-17(4-2)15-11-9-10-14(15)13-16/h3,14-15H,1,4-13,16H2,2H3. The number of nitrogens with zero attached hydrogens (tertiary/aromatic N) is 1. The SMILES string of the molecule is C=CCCCCCN(CC)C1CCCC1CN. The molecule has 0 radical (unpaired) electrons. The zero-order valence-corrected chi connectivity index (χ0v) is 11.5. The number of hydrogen-bond donors (Lipinski definition) is 1. The van der Waals surface area contributed by atoms with Gasteiger partial charge in [-0.3, -0.25) is 0 Å². The first kappa shape index (κ1) is 14.7. The molecule has 1 rings (SSSR count). The first-order chi connectivity index (χ1) is 8.33. The number of hydrogen-bond acceptors (Lipinski definition) is 2. The van der Waals surface area contributed by atoms with Crippen molar-refractivity contribution >= 4 is 0 Å². The molecule has 1 saturated carbocycles. The molecule has 100 valence electrons. The van der Waals surface area contributed by atoms with Crippen molar-refractivity contribution in [3.8, 4) is 0 Å². The molecule has 1 aliphatic carbocycles. The molecule has 17 heavy (non-hydrogen) atoms. The van der Waals surface area contributed by atoms with Crippen LogP contribution in [0.2, 0.25) is 0 Å². The van der Waals surface area contributed by atoms with E-state index in [0.29, 0.717) is 0 Å².